The Labute approximate surface area is 193 Å². The van der Waals surface area contributed by atoms with E-state index in [1.165, 1.54) is 11.3 Å². The van der Waals surface area contributed by atoms with Crippen LogP contribution in [0.15, 0.2) is 40.8 Å². The van der Waals surface area contributed by atoms with Crippen molar-refractivity contribution in [2.45, 2.75) is 26.8 Å². The van der Waals surface area contributed by atoms with Crippen molar-refractivity contribution in [3.63, 3.8) is 0 Å². The normalized spacial score (nSPS) is 19.9. The van der Waals surface area contributed by atoms with Crippen LogP contribution in [-0.4, -0.2) is 78.5 Å². The summed E-state index contributed by atoms with van der Waals surface area (Å²) in [7, 11) is 0. The topological polar surface area (TPSA) is 82.2 Å². The van der Waals surface area contributed by atoms with Gasteiger partial charge in [0.15, 0.2) is 0 Å². The number of carbonyl (C=O) groups excluding carboxylic acids is 3. The number of piperazine rings is 1. The molecule has 2 aliphatic rings. The van der Waals surface area contributed by atoms with Crippen LogP contribution in [-0.2, 0) is 14.3 Å². The first-order chi connectivity index (χ1) is 15.4. The molecule has 9 heteroatoms. The van der Waals surface area contributed by atoms with Crippen LogP contribution in [0, 0.1) is 5.92 Å². The predicted molar refractivity (Wildman–Crippen MR) is 124 cm³/mol. The Morgan fingerprint density at radius 3 is 2.59 bits per heavy atom. The minimum Gasteiger partial charge on any atom is -0.463 e. The van der Waals surface area contributed by atoms with E-state index >= 15 is 0 Å². The van der Waals surface area contributed by atoms with Gasteiger partial charge in [-0.05, 0) is 29.3 Å². The molecule has 3 rings (SSSR count). The SMILES string of the molecule is C=CCN1C(=O)N[C@H](c2ccsc2)C(C(=O)OCC)=C1CN1CCN(C(=O)C(C)C)CC1. The molecule has 2 aliphatic heterocycles. The van der Waals surface area contributed by atoms with Crippen molar-refractivity contribution < 1.29 is 19.1 Å². The van der Waals surface area contributed by atoms with Crippen LogP contribution in [0.4, 0.5) is 4.79 Å². The van der Waals surface area contributed by atoms with E-state index in [9.17, 15) is 14.4 Å². The number of hydrogen-bond donors (Lipinski definition) is 1. The fourth-order valence-electron chi connectivity index (χ4n) is 4.04. The second-order valence-corrected chi connectivity index (χ2v) is 8.96. The number of nitrogens with zero attached hydrogens (tertiary/aromatic N) is 3. The number of amides is 3. The van der Waals surface area contributed by atoms with Crippen LogP contribution in [0.25, 0.3) is 0 Å². The molecular weight excluding hydrogens is 428 g/mol. The van der Waals surface area contributed by atoms with Gasteiger partial charge in [0.05, 0.1) is 18.2 Å². The number of rotatable bonds is 8. The molecule has 1 atom stereocenters. The summed E-state index contributed by atoms with van der Waals surface area (Å²) in [5, 5.41) is 6.81. The minimum atomic E-state index is -0.562. The highest BCUT2D eigenvalue weighted by Crippen LogP contribution is 2.33. The zero-order chi connectivity index (χ0) is 23.3. The molecule has 3 heterocycles. The van der Waals surface area contributed by atoms with Gasteiger partial charge in [0.25, 0.3) is 0 Å². The lowest BCUT2D eigenvalue weighted by Gasteiger charge is -2.40. The number of ether oxygens (including phenoxy) is 1. The Morgan fingerprint density at radius 1 is 1.31 bits per heavy atom. The first kappa shape index (κ1) is 24.0. The summed E-state index contributed by atoms with van der Waals surface area (Å²) in [5.41, 5.74) is 1.94. The molecule has 0 bridgehead atoms. The first-order valence-electron chi connectivity index (χ1n) is 11.0. The van der Waals surface area contributed by atoms with Gasteiger partial charge in [-0.1, -0.05) is 19.9 Å². The summed E-state index contributed by atoms with van der Waals surface area (Å²) in [6, 6.07) is 1.08. The molecule has 8 nitrogen and oxygen atoms in total. The summed E-state index contributed by atoms with van der Waals surface area (Å²) in [5.74, 6) is -0.309. The van der Waals surface area contributed by atoms with E-state index in [0.717, 1.165) is 5.56 Å². The van der Waals surface area contributed by atoms with Crippen molar-refractivity contribution in [3.8, 4) is 0 Å². The van der Waals surface area contributed by atoms with E-state index in [1.54, 1.807) is 17.9 Å². The van der Waals surface area contributed by atoms with Gasteiger partial charge in [-0.2, -0.15) is 11.3 Å². The first-order valence-corrected chi connectivity index (χ1v) is 11.9. The average Bonchev–Trinajstić information content (AvgIpc) is 3.31. The van der Waals surface area contributed by atoms with Crippen molar-refractivity contribution in [1.82, 2.24) is 20.0 Å². The van der Waals surface area contributed by atoms with Gasteiger partial charge in [0.1, 0.15) is 0 Å². The lowest BCUT2D eigenvalue weighted by molar-refractivity contribution is -0.139. The molecule has 3 amide bonds. The van der Waals surface area contributed by atoms with Crippen LogP contribution in [0.5, 0.6) is 0 Å². The molecule has 0 aromatic carbocycles. The quantitative estimate of drug-likeness (QED) is 0.476. The van der Waals surface area contributed by atoms with E-state index in [4.69, 9.17) is 4.74 Å². The maximum Gasteiger partial charge on any atom is 0.338 e. The summed E-state index contributed by atoms with van der Waals surface area (Å²) < 4.78 is 5.40. The molecule has 1 aromatic heterocycles. The molecule has 0 saturated carbocycles. The van der Waals surface area contributed by atoms with E-state index < -0.39 is 12.0 Å². The van der Waals surface area contributed by atoms with Gasteiger partial charge >= 0.3 is 12.0 Å². The van der Waals surface area contributed by atoms with Gasteiger partial charge in [0.2, 0.25) is 5.91 Å². The second kappa shape index (κ2) is 10.8. The third kappa shape index (κ3) is 5.21. The van der Waals surface area contributed by atoms with E-state index in [0.29, 0.717) is 44.0 Å². The smallest absolute Gasteiger partial charge is 0.338 e. The Kier molecular flexibility index (Phi) is 8.09. The average molecular weight is 461 g/mol. The number of carbonyl (C=O) groups is 3. The molecule has 0 radical (unpaired) electrons. The third-order valence-corrected chi connectivity index (χ3v) is 6.37. The maximum atomic E-state index is 13.1. The fraction of sp³-hybridized carbons (Fsp3) is 0.522. The van der Waals surface area contributed by atoms with Crippen molar-refractivity contribution >= 4 is 29.2 Å². The molecule has 1 N–H and O–H groups in total. The van der Waals surface area contributed by atoms with Crippen molar-refractivity contribution in [1.29, 1.82) is 0 Å². The Bertz CT molecular complexity index is 873. The molecule has 0 unspecified atom stereocenters. The number of esters is 1. The van der Waals surface area contributed by atoms with Gasteiger partial charge in [-0.25, -0.2) is 9.59 Å². The molecule has 0 spiro atoms. The number of urea groups is 1. The van der Waals surface area contributed by atoms with Crippen LogP contribution in [0.1, 0.15) is 32.4 Å². The molecule has 1 fully saturated rings. The lowest BCUT2D eigenvalue weighted by Crippen LogP contribution is -2.54. The number of hydrogen-bond acceptors (Lipinski definition) is 6. The molecule has 0 aliphatic carbocycles. The van der Waals surface area contributed by atoms with Gasteiger partial charge in [0, 0.05) is 50.9 Å². The van der Waals surface area contributed by atoms with E-state index in [2.05, 4.69) is 16.8 Å². The van der Waals surface area contributed by atoms with Crippen LogP contribution in [0.2, 0.25) is 0 Å². The maximum absolute atomic E-state index is 13.1. The highest BCUT2D eigenvalue weighted by atomic mass is 32.1. The monoisotopic (exact) mass is 460 g/mol. The van der Waals surface area contributed by atoms with Crippen molar-refractivity contribution in [2.24, 2.45) is 5.92 Å². The van der Waals surface area contributed by atoms with Gasteiger partial charge < -0.3 is 15.0 Å². The number of thiophene rings is 1. The van der Waals surface area contributed by atoms with Crippen LogP contribution >= 0.6 is 11.3 Å². The fourth-order valence-corrected chi connectivity index (χ4v) is 4.72. The predicted octanol–water partition coefficient (Wildman–Crippen LogP) is 2.62. The highest BCUT2D eigenvalue weighted by molar-refractivity contribution is 7.08. The Balaban J connectivity index is 1.93. The lowest BCUT2D eigenvalue weighted by atomic mass is 9.96. The van der Waals surface area contributed by atoms with Crippen LogP contribution in [0.3, 0.4) is 0 Å². The molecule has 1 saturated heterocycles. The van der Waals surface area contributed by atoms with Crippen molar-refractivity contribution in [2.75, 3.05) is 45.9 Å². The summed E-state index contributed by atoms with van der Waals surface area (Å²) in [6.07, 6.45) is 1.65. The van der Waals surface area contributed by atoms with Gasteiger partial charge in [-0.3, -0.25) is 14.6 Å². The Hall–Kier alpha value is -2.65. The standard InChI is InChI=1S/C23H32N4O4S/c1-5-8-27-18(14-25-9-11-26(12-10-25)21(28)16(3)4)19(22(29)31-6-2)20(24-23(27)30)17-7-13-32-15-17/h5,7,13,15-16,20H,1,6,8-12,14H2,2-4H3,(H,24,30)/t20-/m1/s1. The zero-order valence-corrected chi connectivity index (χ0v) is 19.8. The van der Waals surface area contributed by atoms with Crippen LogP contribution < -0.4 is 5.32 Å². The molecule has 1 aromatic rings. The molecule has 174 valence electrons. The summed E-state index contributed by atoms with van der Waals surface area (Å²) in [6.45, 7) is 12.9. The molecular formula is C23H32N4O4S. The zero-order valence-electron chi connectivity index (χ0n) is 19.0. The molecule has 32 heavy (non-hydrogen) atoms. The summed E-state index contributed by atoms with van der Waals surface area (Å²) in [4.78, 5) is 44.0. The van der Waals surface area contributed by atoms with Gasteiger partial charge in [-0.15, -0.1) is 6.58 Å². The second-order valence-electron chi connectivity index (χ2n) is 8.18. The highest BCUT2D eigenvalue weighted by Gasteiger charge is 2.39. The van der Waals surface area contributed by atoms with E-state index in [1.807, 2.05) is 35.6 Å². The summed E-state index contributed by atoms with van der Waals surface area (Å²) >= 11 is 1.51. The largest absolute Gasteiger partial charge is 0.463 e. The number of nitrogens with one attached hydrogen (secondary N) is 1. The third-order valence-electron chi connectivity index (χ3n) is 5.67. The Morgan fingerprint density at radius 2 is 2.03 bits per heavy atom. The van der Waals surface area contributed by atoms with E-state index in [-0.39, 0.29) is 31.0 Å². The van der Waals surface area contributed by atoms with Crippen molar-refractivity contribution in [3.05, 3.63) is 46.3 Å². The minimum absolute atomic E-state index is 0.0313.